The molecule has 0 bridgehead atoms. The number of carbonyl (C=O) groups is 1. The van der Waals surface area contributed by atoms with Crippen LogP contribution in [-0.2, 0) is 6.18 Å². The zero-order chi connectivity index (χ0) is 17.2. The second-order valence-corrected chi connectivity index (χ2v) is 7.82. The number of amides is 1. The highest BCUT2D eigenvalue weighted by Crippen LogP contribution is 2.37. The lowest BCUT2D eigenvalue weighted by Crippen LogP contribution is -2.33. The lowest BCUT2D eigenvalue weighted by atomic mass is 10.1. The van der Waals surface area contributed by atoms with Crippen LogP contribution in [-0.4, -0.2) is 29.6 Å². The fraction of sp³-hybridized carbons (Fsp3) is 0.353. The van der Waals surface area contributed by atoms with E-state index in [-0.39, 0.29) is 5.91 Å². The fourth-order valence-corrected chi connectivity index (χ4v) is 4.90. The molecule has 1 atom stereocenters. The van der Waals surface area contributed by atoms with Crippen molar-refractivity contribution < 1.29 is 18.0 Å². The SMILES string of the molecule is O=C(c1ccc(C(F)(F)F)cc1)N1CCS[C@@H](c2cccs2)CC1. The normalized spacial score (nSPS) is 19.1. The van der Waals surface area contributed by atoms with E-state index in [1.807, 2.05) is 23.2 Å². The van der Waals surface area contributed by atoms with E-state index < -0.39 is 11.7 Å². The molecule has 128 valence electrons. The Bertz CT molecular complexity index is 683. The molecule has 0 spiro atoms. The summed E-state index contributed by atoms with van der Waals surface area (Å²) in [6.45, 7) is 1.24. The van der Waals surface area contributed by atoms with Crippen LogP contribution in [0.15, 0.2) is 41.8 Å². The van der Waals surface area contributed by atoms with E-state index in [0.29, 0.717) is 23.9 Å². The molecule has 0 saturated carbocycles. The van der Waals surface area contributed by atoms with Crippen molar-refractivity contribution in [3.8, 4) is 0 Å². The van der Waals surface area contributed by atoms with Gasteiger partial charge in [0.15, 0.2) is 0 Å². The highest BCUT2D eigenvalue weighted by atomic mass is 32.2. The van der Waals surface area contributed by atoms with E-state index in [1.165, 1.54) is 17.0 Å². The van der Waals surface area contributed by atoms with Crippen molar-refractivity contribution >= 4 is 29.0 Å². The summed E-state index contributed by atoms with van der Waals surface area (Å²) in [4.78, 5) is 15.6. The second-order valence-electron chi connectivity index (χ2n) is 5.53. The molecule has 1 saturated heterocycles. The molecule has 2 nitrogen and oxygen atoms in total. The minimum Gasteiger partial charge on any atom is -0.338 e. The highest BCUT2D eigenvalue weighted by Gasteiger charge is 2.30. The Hall–Kier alpha value is -1.47. The van der Waals surface area contributed by atoms with Crippen LogP contribution in [0.5, 0.6) is 0 Å². The molecular weight excluding hydrogens is 355 g/mol. The monoisotopic (exact) mass is 371 g/mol. The average molecular weight is 371 g/mol. The second kappa shape index (κ2) is 7.19. The molecule has 3 rings (SSSR count). The molecule has 24 heavy (non-hydrogen) atoms. The Morgan fingerprint density at radius 3 is 2.50 bits per heavy atom. The maximum atomic E-state index is 12.6. The van der Waals surface area contributed by atoms with Gasteiger partial charge in [-0.1, -0.05) is 6.07 Å². The van der Waals surface area contributed by atoms with Gasteiger partial charge in [0.1, 0.15) is 0 Å². The molecule has 1 aliphatic rings. The van der Waals surface area contributed by atoms with Gasteiger partial charge in [-0.15, -0.1) is 11.3 Å². The lowest BCUT2D eigenvalue weighted by Gasteiger charge is -2.20. The zero-order valence-corrected chi connectivity index (χ0v) is 14.4. The lowest BCUT2D eigenvalue weighted by molar-refractivity contribution is -0.137. The van der Waals surface area contributed by atoms with E-state index >= 15 is 0 Å². The number of rotatable bonds is 2. The van der Waals surface area contributed by atoms with Crippen LogP contribution in [0.1, 0.15) is 32.5 Å². The summed E-state index contributed by atoms with van der Waals surface area (Å²) < 4.78 is 37.8. The average Bonchev–Trinajstić information content (AvgIpc) is 2.98. The number of alkyl halides is 3. The third-order valence-corrected chi connectivity index (χ3v) is 6.39. The summed E-state index contributed by atoms with van der Waals surface area (Å²) in [6, 6.07) is 8.59. The molecule has 1 aromatic carbocycles. The van der Waals surface area contributed by atoms with Gasteiger partial charge in [0, 0.05) is 34.5 Å². The largest absolute Gasteiger partial charge is 0.416 e. The van der Waals surface area contributed by atoms with Gasteiger partial charge in [-0.05, 0) is 42.1 Å². The Morgan fingerprint density at radius 1 is 1.12 bits per heavy atom. The summed E-state index contributed by atoms with van der Waals surface area (Å²) in [5.41, 5.74) is -0.425. The van der Waals surface area contributed by atoms with Crippen LogP contribution in [0.4, 0.5) is 13.2 Å². The Kier molecular flexibility index (Phi) is 5.20. The standard InChI is InChI=1S/C17H16F3NOS2/c18-17(19,20)13-5-3-12(4-6-13)16(22)21-8-7-15(24-11-9-21)14-2-1-10-23-14/h1-6,10,15H,7-9,11H2/t15-/m1/s1. The quantitative estimate of drug-likeness (QED) is 0.733. The van der Waals surface area contributed by atoms with Crippen molar-refractivity contribution in [3.05, 3.63) is 57.8 Å². The zero-order valence-electron chi connectivity index (χ0n) is 12.8. The van der Waals surface area contributed by atoms with Gasteiger partial charge < -0.3 is 4.90 Å². The summed E-state index contributed by atoms with van der Waals surface area (Å²) in [6.07, 6.45) is -3.52. The van der Waals surface area contributed by atoms with Gasteiger partial charge in [-0.2, -0.15) is 24.9 Å². The molecule has 1 aliphatic heterocycles. The predicted molar refractivity (Wildman–Crippen MR) is 91.5 cm³/mol. The molecule has 0 N–H and O–H groups in total. The molecule has 1 fully saturated rings. The Labute approximate surface area is 146 Å². The topological polar surface area (TPSA) is 20.3 Å². The number of thioether (sulfide) groups is 1. The molecular formula is C17H16F3NOS2. The minimum absolute atomic E-state index is 0.198. The predicted octanol–water partition coefficient (Wildman–Crippen LogP) is 5.09. The van der Waals surface area contributed by atoms with Gasteiger partial charge in [0.25, 0.3) is 5.91 Å². The molecule has 0 unspecified atom stereocenters. The van der Waals surface area contributed by atoms with Gasteiger partial charge in [0.05, 0.1) is 5.56 Å². The van der Waals surface area contributed by atoms with Crippen LogP contribution in [0.3, 0.4) is 0 Å². The molecule has 1 amide bonds. The van der Waals surface area contributed by atoms with Gasteiger partial charge in [-0.25, -0.2) is 0 Å². The van der Waals surface area contributed by atoms with Crippen LogP contribution in [0.2, 0.25) is 0 Å². The number of nitrogens with zero attached hydrogens (tertiary/aromatic N) is 1. The number of thiophene rings is 1. The van der Waals surface area contributed by atoms with Gasteiger partial charge in [-0.3, -0.25) is 4.79 Å². The highest BCUT2D eigenvalue weighted by molar-refractivity contribution is 7.99. The van der Waals surface area contributed by atoms with Crippen molar-refractivity contribution in [2.24, 2.45) is 0 Å². The van der Waals surface area contributed by atoms with Crippen LogP contribution in [0.25, 0.3) is 0 Å². The van der Waals surface area contributed by atoms with Crippen molar-refractivity contribution in [1.29, 1.82) is 0 Å². The summed E-state index contributed by atoms with van der Waals surface area (Å²) >= 11 is 3.55. The third kappa shape index (κ3) is 3.95. The molecule has 2 aromatic rings. The number of carbonyl (C=O) groups excluding carboxylic acids is 1. The van der Waals surface area contributed by atoms with Gasteiger partial charge in [0.2, 0.25) is 0 Å². The van der Waals surface area contributed by atoms with Crippen molar-refractivity contribution in [2.75, 3.05) is 18.8 Å². The first-order valence-corrected chi connectivity index (χ1v) is 9.49. The van der Waals surface area contributed by atoms with Crippen molar-refractivity contribution in [3.63, 3.8) is 0 Å². The van der Waals surface area contributed by atoms with E-state index in [4.69, 9.17) is 0 Å². The Balaban J connectivity index is 1.67. The number of hydrogen-bond donors (Lipinski definition) is 0. The van der Waals surface area contributed by atoms with Crippen molar-refractivity contribution in [1.82, 2.24) is 4.90 Å². The third-order valence-electron chi connectivity index (χ3n) is 3.95. The number of halogens is 3. The number of benzene rings is 1. The first kappa shape index (κ1) is 17.4. The van der Waals surface area contributed by atoms with Crippen LogP contribution < -0.4 is 0 Å². The molecule has 2 heterocycles. The first-order valence-electron chi connectivity index (χ1n) is 7.56. The van der Waals surface area contributed by atoms with Gasteiger partial charge >= 0.3 is 6.18 Å². The minimum atomic E-state index is -4.38. The number of hydrogen-bond acceptors (Lipinski definition) is 3. The molecule has 1 aromatic heterocycles. The maximum absolute atomic E-state index is 12.6. The Morgan fingerprint density at radius 2 is 1.88 bits per heavy atom. The van der Waals surface area contributed by atoms with Crippen molar-refractivity contribution in [2.45, 2.75) is 17.8 Å². The first-order chi connectivity index (χ1) is 11.4. The van der Waals surface area contributed by atoms with Crippen LogP contribution >= 0.6 is 23.1 Å². The smallest absolute Gasteiger partial charge is 0.338 e. The molecule has 7 heteroatoms. The van der Waals surface area contributed by atoms with E-state index in [9.17, 15) is 18.0 Å². The van der Waals surface area contributed by atoms with Crippen LogP contribution in [0, 0.1) is 0 Å². The van der Waals surface area contributed by atoms with E-state index in [1.54, 1.807) is 16.2 Å². The summed E-state index contributed by atoms with van der Waals surface area (Å²) in [7, 11) is 0. The summed E-state index contributed by atoms with van der Waals surface area (Å²) in [5.74, 6) is 0.630. The molecule has 0 radical (unpaired) electrons. The maximum Gasteiger partial charge on any atom is 0.416 e. The molecule has 0 aliphatic carbocycles. The van der Waals surface area contributed by atoms with E-state index in [0.717, 1.165) is 24.3 Å². The fourth-order valence-electron chi connectivity index (χ4n) is 2.66. The van der Waals surface area contributed by atoms with E-state index in [2.05, 4.69) is 6.07 Å². The summed E-state index contributed by atoms with van der Waals surface area (Å²) in [5, 5.41) is 2.43.